The molecular weight excluding hydrogens is 312 g/mol. The average molecular weight is 322 g/mol. The van der Waals surface area contributed by atoms with Gasteiger partial charge in [-0.05, 0) is 24.6 Å². The first-order valence-corrected chi connectivity index (χ1v) is 5.92. The maximum absolute atomic E-state index is 11.3. The molecule has 0 N–H and O–H groups in total. The average Bonchev–Trinajstić information content (AvgIpc) is 2.18. The maximum Gasteiger partial charge on any atom is 0.324 e. The Balaban J connectivity index is 2.73. The highest BCUT2D eigenvalue weighted by molar-refractivity contribution is 9.10. The van der Waals surface area contributed by atoms with Crippen LogP contribution >= 0.6 is 31.9 Å². The molecule has 14 heavy (non-hydrogen) atoms. The van der Waals surface area contributed by atoms with Gasteiger partial charge in [0.25, 0.3) is 0 Å². The highest BCUT2D eigenvalue weighted by Gasteiger charge is 2.17. The van der Waals surface area contributed by atoms with Crippen LogP contribution in [0.2, 0.25) is 0 Å². The molecule has 4 heteroatoms. The van der Waals surface area contributed by atoms with Gasteiger partial charge in [0.15, 0.2) is 0 Å². The Hall–Kier alpha value is -0.350. The molecule has 0 spiro atoms. The molecule has 0 saturated carbocycles. The Morgan fingerprint density at radius 2 is 2.00 bits per heavy atom. The highest BCUT2D eigenvalue weighted by atomic mass is 79.9. The van der Waals surface area contributed by atoms with E-state index in [4.69, 9.17) is 4.74 Å². The molecule has 0 saturated heterocycles. The van der Waals surface area contributed by atoms with Crippen LogP contribution in [0.25, 0.3) is 0 Å². The number of ether oxygens (including phenoxy) is 1. The van der Waals surface area contributed by atoms with E-state index in [1.165, 1.54) is 0 Å². The lowest BCUT2D eigenvalue weighted by Gasteiger charge is -2.08. The van der Waals surface area contributed by atoms with E-state index >= 15 is 0 Å². The summed E-state index contributed by atoms with van der Waals surface area (Å²) in [7, 11) is 0. The molecule has 0 heterocycles. The van der Waals surface area contributed by atoms with Crippen molar-refractivity contribution in [3.63, 3.8) is 0 Å². The Kier molecular flexibility index (Phi) is 4.62. The molecule has 1 atom stereocenters. The second kappa shape index (κ2) is 5.51. The summed E-state index contributed by atoms with van der Waals surface area (Å²) in [4.78, 5) is 11.0. The van der Waals surface area contributed by atoms with Crippen LogP contribution in [0.5, 0.6) is 0 Å². The zero-order valence-corrected chi connectivity index (χ0v) is 10.8. The summed E-state index contributed by atoms with van der Waals surface area (Å²) in [5, 5.41) is 0. The number of halogens is 2. The number of esters is 1. The van der Waals surface area contributed by atoms with E-state index in [1.54, 1.807) is 6.92 Å². The SMILES string of the molecule is CCOC(=O)[C@H](Br)c1ccc(Br)cc1. The summed E-state index contributed by atoms with van der Waals surface area (Å²) >= 11 is 6.62. The molecule has 1 rings (SSSR count). The minimum absolute atomic E-state index is 0.255. The molecule has 0 amide bonds. The normalized spacial score (nSPS) is 12.2. The van der Waals surface area contributed by atoms with E-state index in [1.807, 2.05) is 24.3 Å². The fourth-order valence-electron chi connectivity index (χ4n) is 0.983. The second-order valence-electron chi connectivity index (χ2n) is 2.67. The van der Waals surface area contributed by atoms with Gasteiger partial charge in [0.05, 0.1) is 6.61 Å². The van der Waals surface area contributed by atoms with Gasteiger partial charge in [-0.2, -0.15) is 0 Å². The summed E-state index contributed by atoms with van der Waals surface area (Å²) in [6, 6.07) is 7.53. The van der Waals surface area contributed by atoms with E-state index in [2.05, 4.69) is 31.9 Å². The number of alkyl halides is 1. The molecule has 0 radical (unpaired) electrons. The number of carbonyl (C=O) groups excluding carboxylic acids is 1. The van der Waals surface area contributed by atoms with Crippen molar-refractivity contribution in [2.75, 3.05) is 6.61 Å². The lowest BCUT2D eigenvalue weighted by Crippen LogP contribution is -2.10. The third-order valence-electron chi connectivity index (χ3n) is 1.66. The van der Waals surface area contributed by atoms with Crippen molar-refractivity contribution in [1.29, 1.82) is 0 Å². The van der Waals surface area contributed by atoms with Crippen LogP contribution in [-0.4, -0.2) is 12.6 Å². The molecule has 0 fully saturated rings. The predicted molar refractivity (Wildman–Crippen MR) is 62.4 cm³/mol. The molecule has 0 aliphatic carbocycles. The Morgan fingerprint density at radius 1 is 1.43 bits per heavy atom. The molecular formula is C10H10Br2O2. The second-order valence-corrected chi connectivity index (χ2v) is 4.50. The van der Waals surface area contributed by atoms with Gasteiger partial charge in [-0.15, -0.1) is 0 Å². The fourth-order valence-corrected chi connectivity index (χ4v) is 1.68. The summed E-state index contributed by atoms with van der Waals surface area (Å²) in [5.74, 6) is -0.255. The number of hydrogen-bond donors (Lipinski definition) is 0. The maximum atomic E-state index is 11.3. The number of carbonyl (C=O) groups is 1. The van der Waals surface area contributed by atoms with Crippen LogP contribution in [0.4, 0.5) is 0 Å². The molecule has 0 unspecified atom stereocenters. The largest absolute Gasteiger partial charge is 0.465 e. The van der Waals surface area contributed by atoms with Gasteiger partial charge in [0, 0.05) is 4.47 Å². The van der Waals surface area contributed by atoms with Gasteiger partial charge < -0.3 is 4.74 Å². The highest BCUT2D eigenvalue weighted by Crippen LogP contribution is 2.25. The first kappa shape index (κ1) is 11.7. The minimum Gasteiger partial charge on any atom is -0.465 e. The lowest BCUT2D eigenvalue weighted by atomic mass is 10.1. The number of benzene rings is 1. The first-order chi connectivity index (χ1) is 6.65. The summed E-state index contributed by atoms with van der Waals surface area (Å²) < 4.78 is 5.88. The third-order valence-corrected chi connectivity index (χ3v) is 3.09. The smallest absolute Gasteiger partial charge is 0.324 e. The van der Waals surface area contributed by atoms with Gasteiger partial charge in [0.1, 0.15) is 4.83 Å². The van der Waals surface area contributed by atoms with Crippen molar-refractivity contribution >= 4 is 37.8 Å². The first-order valence-electron chi connectivity index (χ1n) is 4.21. The zero-order valence-electron chi connectivity index (χ0n) is 7.67. The van der Waals surface area contributed by atoms with Gasteiger partial charge in [-0.25, -0.2) is 0 Å². The molecule has 2 nitrogen and oxygen atoms in total. The van der Waals surface area contributed by atoms with Crippen LogP contribution in [0, 0.1) is 0 Å². The Labute approximate surface area is 99.9 Å². The van der Waals surface area contributed by atoms with Crippen LogP contribution in [0.3, 0.4) is 0 Å². The van der Waals surface area contributed by atoms with Gasteiger partial charge in [-0.3, -0.25) is 4.79 Å². The topological polar surface area (TPSA) is 26.3 Å². The molecule has 1 aromatic carbocycles. The van der Waals surface area contributed by atoms with E-state index < -0.39 is 0 Å². The molecule has 0 bridgehead atoms. The predicted octanol–water partition coefficient (Wildman–Crippen LogP) is 3.45. The Morgan fingerprint density at radius 3 is 2.50 bits per heavy atom. The molecule has 1 aromatic rings. The van der Waals surface area contributed by atoms with E-state index in [9.17, 15) is 4.79 Å². The molecule has 0 aliphatic rings. The summed E-state index contributed by atoms with van der Waals surface area (Å²) in [6.07, 6.45) is 0. The van der Waals surface area contributed by atoms with Crippen LogP contribution in [0.1, 0.15) is 17.3 Å². The monoisotopic (exact) mass is 320 g/mol. The van der Waals surface area contributed by atoms with Gasteiger partial charge >= 0.3 is 5.97 Å². The van der Waals surface area contributed by atoms with Gasteiger partial charge in [-0.1, -0.05) is 44.0 Å². The van der Waals surface area contributed by atoms with E-state index in [-0.39, 0.29) is 10.8 Å². The fraction of sp³-hybridized carbons (Fsp3) is 0.300. The zero-order chi connectivity index (χ0) is 10.6. The van der Waals surface area contributed by atoms with Crippen LogP contribution in [-0.2, 0) is 9.53 Å². The van der Waals surface area contributed by atoms with Crippen molar-refractivity contribution in [3.8, 4) is 0 Å². The van der Waals surface area contributed by atoms with Crippen LogP contribution in [0.15, 0.2) is 28.7 Å². The minimum atomic E-state index is -0.379. The van der Waals surface area contributed by atoms with Crippen molar-refractivity contribution in [2.24, 2.45) is 0 Å². The standard InChI is InChI=1S/C10H10Br2O2/c1-2-14-10(13)9(12)7-3-5-8(11)6-4-7/h3-6,9H,2H2,1H3/t9-/m1/s1. The van der Waals surface area contributed by atoms with Crippen molar-refractivity contribution in [2.45, 2.75) is 11.8 Å². The molecule has 76 valence electrons. The van der Waals surface area contributed by atoms with E-state index in [0.717, 1.165) is 10.0 Å². The van der Waals surface area contributed by atoms with Crippen molar-refractivity contribution in [3.05, 3.63) is 34.3 Å². The summed E-state index contributed by atoms with van der Waals surface area (Å²) in [5.41, 5.74) is 0.895. The quantitative estimate of drug-likeness (QED) is 0.629. The Bertz CT molecular complexity index is 308. The number of rotatable bonds is 3. The molecule has 0 aromatic heterocycles. The van der Waals surface area contributed by atoms with Crippen molar-refractivity contribution in [1.82, 2.24) is 0 Å². The number of hydrogen-bond acceptors (Lipinski definition) is 2. The van der Waals surface area contributed by atoms with E-state index in [0.29, 0.717) is 6.61 Å². The molecule has 0 aliphatic heterocycles. The van der Waals surface area contributed by atoms with Crippen LogP contribution < -0.4 is 0 Å². The lowest BCUT2D eigenvalue weighted by molar-refractivity contribution is -0.142. The van der Waals surface area contributed by atoms with Gasteiger partial charge in [0.2, 0.25) is 0 Å². The summed E-state index contributed by atoms with van der Waals surface area (Å²) in [6.45, 7) is 2.19. The van der Waals surface area contributed by atoms with Crippen molar-refractivity contribution < 1.29 is 9.53 Å². The third kappa shape index (κ3) is 3.10.